The van der Waals surface area contributed by atoms with Gasteiger partial charge in [0.2, 0.25) is 0 Å². The number of carbonyl (C=O) groups is 2. The lowest BCUT2D eigenvalue weighted by molar-refractivity contribution is -0.154. The molecule has 1 aromatic carbocycles. The minimum atomic E-state index is -1.06. The molecule has 2 heterocycles. The van der Waals surface area contributed by atoms with Crippen LogP contribution in [0.15, 0.2) is 30.3 Å². The van der Waals surface area contributed by atoms with Crippen molar-refractivity contribution in [3.05, 3.63) is 41.6 Å². The Bertz CT molecular complexity index is 726. The zero-order chi connectivity index (χ0) is 16.4. The number of rotatable bonds is 3. The lowest BCUT2D eigenvalue weighted by Gasteiger charge is -2.30. The molecule has 0 spiro atoms. The number of aromatic amines is 1. The van der Waals surface area contributed by atoms with E-state index in [4.69, 9.17) is 9.84 Å². The maximum Gasteiger partial charge on any atom is 0.334 e. The summed E-state index contributed by atoms with van der Waals surface area (Å²) in [6, 6.07) is 9.57. The van der Waals surface area contributed by atoms with Gasteiger partial charge < -0.3 is 14.7 Å². The fourth-order valence-electron chi connectivity index (χ4n) is 2.62. The molecule has 0 radical (unpaired) electrons. The van der Waals surface area contributed by atoms with Gasteiger partial charge in [0, 0.05) is 17.7 Å². The average Bonchev–Trinajstić information content (AvgIpc) is 2.96. The van der Waals surface area contributed by atoms with Crippen LogP contribution in [0.1, 0.15) is 16.1 Å². The van der Waals surface area contributed by atoms with Crippen LogP contribution < -0.4 is 0 Å². The number of morpholine rings is 1. The van der Waals surface area contributed by atoms with Crippen LogP contribution >= 0.6 is 0 Å². The van der Waals surface area contributed by atoms with E-state index in [1.54, 1.807) is 0 Å². The van der Waals surface area contributed by atoms with Gasteiger partial charge >= 0.3 is 5.97 Å². The smallest absolute Gasteiger partial charge is 0.334 e. The molecule has 2 aromatic rings. The molecule has 1 fully saturated rings. The second-order valence-electron chi connectivity index (χ2n) is 5.39. The highest BCUT2D eigenvalue weighted by Crippen LogP contribution is 2.24. The van der Waals surface area contributed by atoms with Crippen molar-refractivity contribution >= 4 is 11.9 Å². The van der Waals surface area contributed by atoms with Gasteiger partial charge in [0.25, 0.3) is 5.91 Å². The summed E-state index contributed by atoms with van der Waals surface area (Å²) in [6.07, 6.45) is -0.982. The maximum atomic E-state index is 12.6. The number of carbonyl (C=O) groups excluding carboxylic acids is 1. The van der Waals surface area contributed by atoms with E-state index in [2.05, 4.69) is 10.2 Å². The fraction of sp³-hybridized carbons (Fsp3) is 0.312. The lowest BCUT2D eigenvalue weighted by atomic mass is 10.1. The number of aromatic nitrogens is 2. The summed E-state index contributed by atoms with van der Waals surface area (Å²) in [5.41, 5.74) is 2.78. The normalized spacial score (nSPS) is 18.0. The number of nitrogens with one attached hydrogen (secondary N) is 1. The fourth-order valence-corrected chi connectivity index (χ4v) is 2.62. The standard InChI is InChI=1S/C16H17N3O4/c1-10-13(11-5-3-2-4-6-11)17-18-14(10)15(20)19-7-8-23-12(9-19)16(21)22/h2-6,12H,7-9H2,1H3,(H,17,18)(H,21,22)/t12-/m1/s1. The molecule has 1 aromatic heterocycles. The number of benzene rings is 1. The molecule has 3 rings (SSSR count). The van der Waals surface area contributed by atoms with Crippen LogP contribution in [0.2, 0.25) is 0 Å². The number of aliphatic carboxylic acids is 1. The Morgan fingerprint density at radius 3 is 2.78 bits per heavy atom. The van der Waals surface area contributed by atoms with E-state index in [-0.39, 0.29) is 19.1 Å². The summed E-state index contributed by atoms with van der Waals surface area (Å²) in [5, 5.41) is 16.1. The van der Waals surface area contributed by atoms with Gasteiger partial charge in [-0.1, -0.05) is 30.3 Å². The summed E-state index contributed by atoms with van der Waals surface area (Å²) in [6.45, 7) is 2.44. The van der Waals surface area contributed by atoms with Crippen LogP contribution in [0.5, 0.6) is 0 Å². The van der Waals surface area contributed by atoms with Crippen molar-refractivity contribution in [3.63, 3.8) is 0 Å². The molecule has 23 heavy (non-hydrogen) atoms. The average molecular weight is 315 g/mol. The molecule has 0 bridgehead atoms. The SMILES string of the molecule is Cc1c(-c2ccccc2)n[nH]c1C(=O)N1CCO[C@@H](C(=O)O)C1. The van der Waals surface area contributed by atoms with Crippen LogP contribution in [0.4, 0.5) is 0 Å². The first-order valence-corrected chi connectivity index (χ1v) is 7.32. The van der Waals surface area contributed by atoms with E-state index < -0.39 is 12.1 Å². The molecule has 1 aliphatic rings. The summed E-state index contributed by atoms with van der Waals surface area (Å²) in [5.74, 6) is -1.32. The Kier molecular flexibility index (Phi) is 4.12. The molecule has 1 aliphatic heterocycles. The molecule has 0 saturated carbocycles. The maximum absolute atomic E-state index is 12.6. The Labute approximate surface area is 132 Å². The number of hydrogen-bond acceptors (Lipinski definition) is 4. The first-order valence-electron chi connectivity index (χ1n) is 7.32. The van der Waals surface area contributed by atoms with Crippen molar-refractivity contribution in [2.75, 3.05) is 19.7 Å². The predicted octanol–water partition coefficient (Wildman–Crippen LogP) is 1.31. The molecule has 1 amide bonds. The molecule has 1 atom stereocenters. The highest BCUT2D eigenvalue weighted by molar-refractivity contribution is 5.95. The molecule has 7 heteroatoms. The van der Waals surface area contributed by atoms with Crippen LogP contribution in [0.25, 0.3) is 11.3 Å². The highest BCUT2D eigenvalue weighted by Gasteiger charge is 2.31. The Balaban J connectivity index is 1.83. The Hall–Kier alpha value is -2.67. The number of nitrogens with zero attached hydrogens (tertiary/aromatic N) is 2. The topological polar surface area (TPSA) is 95.5 Å². The van der Waals surface area contributed by atoms with Gasteiger partial charge in [-0.05, 0) is 6.92 Å². The van der Waals surface area contributed by atoms with E-state index in [9.17, 15) is 9.59 Å². The quantitative estimate of drug-likeness (QED) is 0.890. The molecule has 0 unspecified atom stereocenters. The van der Waals surface area contributed by atoms with Gasteiger partial charge in [0.05, 0.1) is 18.8 Å². The molecule has 0 aliphatic carbocycles. The summed E-state index contributed by atoms with van der Waals surface area (Å²) in [7, 11) is 0. The number of hydrogen-bond donors (Lipinski definition) is 2. The third kappa shape index (κ3) is 2.95. The summed E-state index contributed by atoms with van der Waals surface area (Å²) >= 11 is 0. The summed E-state index contributed by atoms with van der Waals surface area (Å²) < 4.78 is 5.14. The largest absolute Gasteiger partial charge is 0.479 e. The molecule has 2 N–H and O–H groups in total. The lowest BCUT2D eigenvalue weighted by Crippen LogP contribution is -2.48. The van der Waals surface area contributed by atoms with Crippen molar-refractivity contribution in [2.24, 2.45) is 0 Å². The minimum absolute atomic E-state index is 0.0350. The number of carboxylic acid groups (broad SMARTS) is 1. The number of ether oxygens (including phenoxy) is 1. The van der Waals surface area contributed by atoms with Crippen LogP contribution in [0.3, 0.4) is 0 Å². The molecule has 1 saturated heterocycles. The van der Waals surface area contributed by atoms with Crippen molar-refractivity contribution in [1.29, 1.82) is 0 Å². The zero-order valence-corrected chi connectivity index (χ0v) is 12.7. The zero-order valence-electron chi connectivity index (χ0n) is 12.7. The Morgan fingerprint density at radius 2 is 2.09 bits per heavy atom. The van der Waals surface area contributed by atoms with Crippen molar-refractivity contribution in [3.8, 4) is 11.3 Å². The minimum Gasteiger partial charge on any atom is -0.479 e. The van der Waals surface area contributed by atoms with E-state index in [0.29, 0.717) is 12.2 Å². The summed E-state index contributed by atoms with van der Waals surface area (Å²) in [4.78, 5) is 25.2. The van der Waals surface area contributed by atoms with Gasteiger partial charge in [-0.15, -0.1) is 0 Å². The van der Waals surface area contributed by atoms with Gasteiger partial charge in [0.15, 0.2) is 6.10 Å². The van der Waals surface area contributed by atoms with Crippen LogP contribution in [-0.2, 0) is 9.53 Å². The molecule has 7 nitrogen and oxygen atoms in total. The van der Waals surface area contributed by atoms with E-state index in [1.165, 1.54) is 4.90 Å². The van der Waals surface area contributed by atoms with Gasteiger partial charge in [0.1, 0.15) is 5.69 Å². The van der Waals surface area contributed by atoms with Gasteiger partial charge in [-0.2, -0.15) is 5.10 Å². The second-order valence-corrected chi connectivity index (χ2v) is 5.39. The van der Waals surface area contributed by atoms with E-state index >= 15 is 0 Å². The van der Waals surface area contributed by atoms with Crippen LogP contribution in [0, 0.1) is 6.92 Å². The van der Waals surface area contributed by atoms with Crippen molar-refractivity contribution in [1.82, 2.24) is 15.1 Å². The van der Waals surface area contributed by atoms with Crippen LogP contribution in [-0.4, -0.2) is 57.9 Å². The third-order valence-electron chi connectivity index (χ3n) is 3.90. The highest BCUT2D eigenvalue weighted by atomic mass is 16.5. The molecular formula is C16H17N3O4. The first-order chi connectivity index (χ1) is 11.1. The monoisotopic (exact) mass is 315 g/mol. The molecular weight excluding hydrogens is 298 g/mol. The second kappa shape index (κ2) is 6.21. The van der Waals surface area contributed by atoms with Gasteiger partial charge in [-0.3, -0.25) is 9.89 Å². The van der Waals surface area contributed by atoms with E-state index in [1.807, 2.05) is 37.3 Å². The molecule has 120 valence electrons. The van der Waals surface area contributed by atoms with Crippen molar-refractivity contribution in [2.45, 2.75) is 13.0 Å². The Morgan fingerprint density at radius 1 is 1.35 bits per heavy atom. The van der Waals surface area contributed by atoms with Gasteiger partial charge in [-0.25, -0.2) is 4.79 Å². The first kappa shape index (κ1) is 15.2. The van der Waals surface area contributed by atoms with E-state index in [0.717, 1.165) is 16.8 Å². The number of carboxylic acids is 1. The van der Waals surface area contributed by atoms with Crippen molar-refractivity contribution < 1.29 is 19.4 Å². The third-order valence-corrected chi connectivity index (χ3v) is 3.90. The number of amides is 1. The predicted molar refractivity (Wildman–Crippen MR) is 82.0 cm³/mol. The number of H-pyrrole nitrogens is 1.